The van der Waals surface area contributed by atoms with E-state index < -0.39 is 0 Å². The van der Waals surface area contributed by atoms with Crippen LogP contribution in [-0.4, -0.2) is 20.5 Å². The second-order valence-electron chi connectivity index (χ2n) is 9.11. The van der Waals surface area contributed by atoms with Crippen LogP contribution in [0.3, 0.4) is 0 Å². The van der Waals surface area contributed by atoms with E-state index in [4.69, 9.17) is 4.74 Å². The van der Waals surface area contributed by atoms with Gasteiger partial charge in [-0.05, 0) is 62.2 Å². The van der Waals surface area contributed by atoms with Crippen molar-refractivity contribution in [1.29, 1.82) is 0 Å². The third kappa shape index (κ3) is 3.95. The van der Waals surface area contributed by atoms with Crippen LogP contribution in [-0.2, 0) is 5.41 Å². The number of ether oxygens (including phenoxy) is 1. The summed E-state index contributed by atoms with van der Waals surface area (Å²) in [5, 5.41) is 0. The molecular formula is C26H29N3O. The highest BCUT2D eigenvalue weighted by Gasteiger charge is 2.16. The van der Waals surface area contributed by atoms with Crippen LogP contribution in [0.4, 0.5) is 0 Å². The maximum Gasteiger partial charge on any atom is 0.137 e. The summed E-state index contributed by atoms with van der Waals surface area (Å²) in [6, 6.07) is 14.7. The van der Waals surface area contributed by atoms with Crippen molar-refractivity contribution in [3.63, 3.8) is 0 Å². The Kier molecular flexibility index (Phi) is 5.10. The van der Waals surface area contributed by atoms with E-state index >= 15 is 0 Å². The molecule has 1 aromatic carbocycles. The lowest BCUT2D eigenvalue weighted by Gasteiger charge is -2.17. The van der Waals surface area contributed by atoms with Crippen LogP contribution in [0.25, 0.3) is 28.0 Å². The lowest BCUT2D eigenvalue weighted by atomic mass is 9.91. The molecule has 0 bridgehead atoms. The van der Waals surface area contributed by atoms with Crippen molar-refractivity contribution in [2.75, 3.05) is 0 Å². The van der Waals surface area contributed by atoms with Crippen LogP contribution in [0.2, 0.25) is 0 Å². The number of imidazole rings is 1. The molecule has 4 heteroatoms. The zero-order chi connectivity index (χ0) is 21.5. The highest BCUT2D eigenvalue weighted by Crippen LogP contribution is 2.30. The Hall–Kier alpha value is -3.14. The zero-order valence-corrected chi connectivity index (χ0v) is 18.6. The predicted octanol–water partition coefficient (Wildman–Crippen LogP) is 6.46. The zero-order valence-electron chi connectivity index (χ0n) is 18.6. The van der Waals surface area contributed by atoms with Crippen LogP contribution in [0.15, 0.2) is 61.1 Å². The summed E-state index contributed by atoms with van der Waals surface area (Å²) in [6.45, 7) is 12.7. The standard InChI is InChI=1S/C26H29N3O/c1-17(2)30-21-10-7-19(8-11-21)22-16-29-23(15-28-25(29)13-18(22)3)20-9-12-24(27-14-20)26(4,5)6/h7-17H,1-6H3. The Morgan fingerprint density at radius 1 is 0.900 bits per heavy atom. The number of nitrogens with zero attached hydrogens (tertiary/aromatic N) is 3. The fraction of sp³-hybridized carbons (Fsp3) is 0.308. The molecule has 0 saturated heterocycles. The van der Waals surface area contributed by atoms with Crippen LogP contribution in [0.1, 0.15) is 45.9 Å². The number of hydrogen-bond acceptors (Lipinski definition) is 3. The first-order chi connectivity index (χ1) is 14.2. The molecule has 4 aromatic rings. The van der Waals surface area contributed by atoms with Gasteiger partial charge in [-0.1, -0.05) is 32.9 Å². The van der Waals surface area contributed by atoms with E-state index in [0.717, 1.165) is 33.9 Å². The molecule has 0 aliphatic rings. The van der Waals surface area contributed by atoms with E-state index in [1.165, 1.54) is 11.1 Å². The van der Waals surface area contributed by atoms with Crippen molar-refractivity contribution in [2.45, 2.75) is 53.1 Å². The van der Waals surface area contributed by atoms with Gasteiger partial charge in [0.05, 0.1) is 18.0 Å². The smallest absolute Gasteiger partial charge is 0.137 e. The maximum atomic E-state index is 5.78. The quantitative estimate of drug-likeness (QED) is 0.395. The number of pyridine rings is 2. The number of hydrogen-bond donors (Lipinski definition) is 0. The lowest BCUT2D eigenvalue weighted by Crippen LogP contribution is -2.12. The first kappa shape index (κ1) is 20.1. The third-order valence-corrected chi connectivity index (χ3v) is 5.22. The number of rotatable bonds is 4. The van der Waals surface area contributed by atoms with Crippen molar-refractivity contribution in [2.24, 2.45) is 0 Å². The van der Waals surface area contributed by atoms with Crippen LogP contribution < -0.4 is 4.74 Å². The average Bonchev–Trinajstić information content (AvgIpc) is 3.09. The van der Waals surface area contributed by atoms with Crippen molar-refractivity contribution in [3.8, 4) is 28.1 Å². The van der Waals surface area contributed by atoms with E-state index in [1.807, 2.05) is 38.4 Å². The van der Waals surface area contributed by atoms with Gasteiger partial charge in [0.2, 0.25) is 0 Å². The molecular weight excluding hydrogens is 370 g/mol. The molecule has 0 unspecified atom stereocenters. The van der Waals surface area contributed by atoms with Crippen molar-refractivity contribution in [1.82, 2.24) is 14.4 Å². The first-order valence-corrected chi connectivity index (χ1v) is 10.4. The third-order valence-electron chi connectivity index (χ3n) is 5.22. The van der Waals surface area contributed by atoms with Crippen molar-refractivity contribution in [3.05, 3.63) is 72.3 Å². The molecule has 3 heterocycles. The maximum absolute atomic E-state index is 5.78. The average molecular weight is 400 g/mol. The summed E-state index contributed by atoms with van der Waals surface area (Å²) in [5.74, 6) is 0.890. The predicted molar refractivity (Wildman–Crippen MR) is 123 cm³/mol. The summed E-state index contributed by atoms with van der Waals surface area (Å²) in [4.78, 5) is 9.31. The van der Waals surface area contributed by atoms with Crippen LogP contribution in [0.5, 0.6) is 5.75 Å². The van der Waals surface area contributed by atoms with Crippen molar-refractivity contribution < 1.29 is 4.74 Å². The van der Waals surface area contributed by atoms with Gasteiger partial charge in [0.1, 0.15) is 11.4 Å². The van der Waals surface area contributed by atoms with Gasteiger partial charge in [0.25, 0.3) is 0 Å². The summed E-state index contributed by atoms with van der Waals surface area (Å²) in [6.07, 6.45) is 6.21. The van der Waals surface area contributed by atoms with Gasteiger partial charge in [-0.25, -0.2) is 4.98 Å². The number of benzene rings is 1. The molecule has 0 radical (unpaired) electrons. The first-order valence-electron chi connectivity index (χ1n) is 10.4. The molecule has 0 amide bonds. The molecule has 154 valence electrons. The second-order valence-corrected chi connectivity index (χ2v) is 9.11. The Morgan fingerprint density at radius 2 is 1.60 bits per heavy atom. The van der Waals surface area contributed by atoms with Gasteiger partial charge in [0, 0.05) is 34.6 Å². The normalized spacial score (nSPS) is 12.0. The van der Waals surface area contributed by atoms with Gasteiger partial charge in [-0.2, -0.15) is 0 Å². The molecule has 0 spiro atoms. The topological polar surface area (TPSA) is 39.4 Å². The van der Waals surface area contributed by atoms with Gasteiger partial charge in [0.15, 0.2) is 0 Å². The molecule has 0 aliphatic heterocycles. The van der Waals surface area contributed by atoms with E-state index in [0.29, 0.717) is 0 Å². The van der Waals surface area contributed by atoms with Crippen molar-refractivity contribution >= 4 is 5.65 Å². The van der Waals surface area contributed by atoms with E-state index in [9.17, 15) is 0 Å². The van der Waals surface area contributed by atoms with E-state index in [1.54, 1.807) is 0 Å². The van der Waals surface area contributed by atoms with E-state index in [2.05, 4.69) is 78.6 Å². The second kappa shape index (κ2) is 7.60. The van der Waals surface area contributed by atoms with Crippen LogP contribution in [0, 0.1) is 6.92 Å². The molecule has 0 aliphatic carbocycles. The van der Waals surface area contributed by atoms with Gasteiger partial charge in [-0.15, -0.1) is 0 Å². The summed E-state index contributed by atoms with van der Waals surface area (Å²) < 4.78 is 7.93. The Labute approximate surface area is 178 Å². The molecule has 4 nitrogen and oxygen atoms in total. The summed E-state index contributed by atoms with van der Waals surface area (Å²) >= 11 is 0. The number of aromatic nitrogens is 3. The Balaban J connectivity index is 1.74. The minimum absolute atomic E-state index is 0.0355. The summed E-state index contributed by atoms with van der Waals surface area (Å²) in [5.41, 5.74) is 7.69. The fourth-order valence-corrected chi connectivity index (χ4v) is 3.61. The minimum atomic E-state index is 0.0355. The van der Waals surface area contributed by atoms with Gasteiger partial charge in [-0.3, -0.25) is 9.38 Å². The number of aryl methyl sites for hydroxylation is 1. The Bertz CT molecular complexity index is 1160. The highest BCUT2D eigenvalue weighted by atomic mass is 16.5. The Morgan fingerprint density at radius 3 is 2.20 bits per heavy atom. The number of fused-ring (bicyclic) bond motifs is 1. The fourth-order valence-electron chi connectivity index (χ4n) is 3.61. The molecule has 0 fully saturated rings. The molecule has 3 aromatic heterocycles. The minimum Gasteiger partial charge on any atom is -0.491 e. The van der Waals surface area contributed by atoms with E-state index in [-0.39, 0.29) is 11.5 Å². The monoisotopic (exact) mass is 399 g/mol. The largest absolute Gasteiger partial charge is 0.491 e. The SMILES string of the molecule is Cc1cc2ncc(-c3ccc(C(C)(C)C)nc3)n2cc1-c1ccc(OC(C)C)cc1. The van der Waals surface area contributed by atoms with Gasteiger partial charge < -0.3 is 4.74 Å². The van der Waals surface area contributed by atoms with Gasteiger partial charge >= 0.3 is 0 Å². The van der Waals surface area contributed by atoms with Crippen LogP contribution >= 0.6 is 0 Å². The molecule has 0 N–H and O–H groups in total. The molecule has 30 heavy (non-hydrogen) atoms. The lowest BCUT2D eigenvalue weighted by molar-refractivity contribution is 0.242. The molecule has 0 atom stereocenters. The summed E-state index contributed by atoms with van der Waals surface area (Å²) in [7, 11) is 0. The highest BCUT2D eigenvalue weighted by molar-refractivity contribution is 5.72. The molecule has 0 saturated carbocycles. The molecule has 4 rings (SSSR count).